The molecular formula is C22H24F2N2O7S. The largest absolute Gasteiger partial charge is 0.495 e. The molecule has 0 radical (unpaired) electrons. The van der Waals surface area contributed by atoms with Gasteiger partial charge in [-0.05, 0) is 54.9 Å². The monoisotopic (exact) mass is 498 g/mol. The molecule has 0 aromatic heterocycles. The zero-order valence-corrected chi connectivity index (χ0v) is 19.2. The zero-order chi connectivity index (χ0) is 25.1. The van der Waals surface area contributed by atoms with E-state index in [2.05, 4.69) is 14.8 Å². The van der Waals surface area contributed by atoms with E-state index >= 15 is 0 Å². The molecule has 0 fully saturated rings. The third kappa shape index (κ3) is 8.45. The highest BCUT2D eigenvalue weighted by Crippen LogP contribution is 2.25. The van der Waals surface area contributed by atoms with Crippen molar-refractivity contribution in [2.75, 3.05) is 27.3 Å². The van der Waals surface area contributed by atoms with Crippen LogP contribution in [0.4, 0.5) is 8.78 Å². The van der Waals surface area contributed by atoms with Gasteiger partial charge in [0.25, 0.3) is 5.91 Å². The second-order valence-corrected chi connectivity index (χ2v) is 8.54. The summed E-state index contributed by atoms with van der Waals surface area (Å²) in [7, 11) is -1.17. The Labute approximate surface area is 195 Å². The summed E-state index contributed by atoms with van der Waals surface area (Å²) < 4.78 is 64.8. The number of nitrogens with one attached hydrogen (secondary N) is 2. The molecule has 34 heavy (non-hydrogen) atoms. The third-order valence-electron chi connectivity index (χ3n) is 4.39. The molecule has 0 aliphatic heterocycles. The zero-order valence-electron chi connectivity index (χ0n) is 18.4. The highest BCUT2D eigenvalue weighted by atomic mass is 32.2. The van der Waals surface area contributed by atoms with Crippen molar-refractivity contribution in [2.24, 2.45) is 0 Å². The lowest BCUT2D eigenvalue weighted by Crippen LogP contribution is -2.30. The van der Waals surface area contributed by atoms with Gasteiger partial charge in [-0.1, -0.05) is 18.2 Å². The van der Waals surface area contributed by atoms with Crippen LogP contribution >= 0.6 is 0 Å². The Morgan fingerprint density at radius 2 is 1.82 bits per heavy atom. The van der Waals surface area contributed by atoms with Gasteiger partial charge < -0.3 is 19.5 Å². The summed E-state index contributed by atoms with van der Waals surface area (Å²) in [6.45, 7) is -3.16. The third-order valence-corrected chi connectivity index (χ3v) is 5.82. The molecule has 0 bridgehead atoms. The number of amides is 1. The lowest BCUT2D eigenvalue weighted by atomic mass is 10.1. The molecule has 0 atom stereocenters. The number of hydrogen-bond donors (Lipinski definition) is 2. The van der Waals surface area contributed by atoms with E-state index in [0.717, 1.165) is 11.6 Å². The van der Waals surface area contributed by atoms with Gasteiger partial charge >= 0.3 is 12.6 Å². The molecule has 0 spiro atoms. The van der Waals surface area contributed by atoms with Crippen molar-refractivity contribution < 1.29 is 41.0 Å². The van der Waals surface area contributed by atoms with Gasteiger partial charge in [0, 0.05) is 12.6 Å². The summed E-state index contributed by atoms with van der Waals surface area (Å²) in [6, 6.07) is 10.3. The molecule has 12 heteroatoms. The van der Waals surface area contributed by atoms with Crippen LogP contribution in [0.15, 0.2) is 53.4 Å². The molecule has 2 rings (SSSR count). The Morgan fingerprint density at radius 3 is 2.44 bits per heavy atom. The highest BCUT2D eigenvalue weighted by molar-refractivity contribution is 7.89. The summed E-state index contributed by atoms with van der Waals surface area (Å²) >= 11 is 0. The standard InChI is InChI=1S/C22H24F2N2O7S/c1-25-34(29,30)19-13-16(5-9-18(19)31-2)6-10-21(28)32-14-20(27)26-12-11-15-3-7-17(8-4-15)33-22(23)24/h3-10,13,22,25H,11-12,14H2,1-2H3,(H,26,27)/b10-6+. The maximum absolute atomic E-state index is 12.1. The summed E-state index contributed by atoms with van der Waals surface area (Å²) in [4.78, 5) is 23.6. The maximum atomic E-state index is 12.1. The summed E-state index contributed by atoms with van der Waals surface area (Å²) in [5, 5.41) is 2.57. The van der Waals surface area contributed by atoms with Crippen molar-refractivity contribution in [3.05, 3.63) is 59.7 Å². The minimum atomic E-state index is -3.77. The predicted octanol–water partition coefficient (Wildman–Crippen LogP) is 2.12. The van der Waals surface area contributed by atoms with Gasteiger partial charge in [0.15, 0.2) is 6.61 Å². The fourth-order valence-corrected chi connectivity index (χ4v) is 3.63. The van der Waals surface area contributed by atoms with Crippen LogP contribution in [0.25, 0.3) is 6.08 Å². The van der Waals surface area contributed by atoms with Gasteiger partial charge in [0.05, 0.1) is 7.11 Å². The molecule has 0 saturated heterocycles. The van der Waals surface area contributed by atoms with Crippen LogP contribution in [-0.4, -0.2) is 54.2 Å². The number of halogens is 2. The smallest absolute Gasteiger partial charge is 0.387 e. The van der Waals surface area contributed by atoms with Crippen LogP contribution in [0.5, 0.6) is 11.5 Å². The molecule has 2 aromatic carbocycles. The number of rotatable bonds is 12. The number of esters is 1. The van der Waals surface area contributed by atoms with E-state index in [0.29, 0.717) is 12.0 Å². The van der Waals surface area contributed by atoms with Crippen molar-refractivity contribution in [3.8, 4) is 11.5 Å². The first kappa shape index (κ1) is 26.7. The first-order valence-corrected chi connectivity index (χ1v) is 11.4. The molecule has 184 valence electrons. The normalized spacial score (nSPS) is 11.4. The fraction of sp³-hybridized carbons (Fsp3) is 0.273. The molecule has 0 heterocycles. The minimum Gasteiger partial charge on any atom is -0.495 e. The fourth-order valence-electron chi connectivity index (χ4n) is 2.70. The SMILES string of the molecule is CNS(=O)(=O)c1cc(/C=C/C(=O)OCC(=O)NCCc2ccc(OC(F)F)cc2)ccc1OC. The average Bonchev–Trinajstić information content (AvgIpc) is 2.82. The van der Waals surface area contributed by atoms with Crippen LogP contribution in [0.3, 0.4) is 0 Å². The predicted molar refractivity (Wildman–Crippen MR) is 119 cm³/mol. The second kappa shape index (κ2) is 12.7. The molecule has 2 aromatic rings. The second-order valence-electron chi connectivity index (χ2n) is 6.68. The summed E-state index contributed by atoms with van der Waals surface area (Å²) in [6.07, 6.45) is 2.84. The molecule has 0 saturated carbocycles. The van der Waals surface area contributed by atoms with Gasteiger partial charge in [-0.3, -0.25) is 4.79 Å². The van der Waals surface area contributed by atoms with Crippen LogP contribution in [0.1, 0.15) is 11.1 Å². The first-order valence-electron chi connectivity index (χ1n) is 9.91. The van der Waals surface area contributed by atoms with E-state index in [1.165, 1.54) is 44.5 Å². The molecule has 9 nitrogen and oxygen atoms in total. The van der Waals surface area contributed by atoms with E-state index in [4.69, 9.17) is 9.47 Å². The first-order chi connectivity index (χ1) is 16.1. The lowest BCUT2D eigenvalue weighted by molar-refractivity contribution is -0.143. The number of sulfonamides is 1. The van der Waals surface area contributed by atoms with E-state index in [9.17, 15) is 26.8 Å². The summed E-state index contributed by atoms with van der Waals surface area (Å²) in [5.41, 5.74) is 1.20. The molecular weight excluding hydrogens is 474 g/mol. The van der Waals surface area contributed by atoms with Gasteiger partial charge in [-0.15, -0.1) is 0 Å². The van der Waals surface area contributed by atoms with E-state index in [1.54, 1.807) is 18.2 Å². The van der Waals surface area contributed by atoms with E-state index < -0.39 is 35.1 Å². The Bertz CT molecular complexity index is 1120. The number of hydrogen-bond acceptors (Lipinski definition) is 7. The highest BCUT2D eigenvalue weighted by Gasteiger charge is 2.17. The number of methoxy groups -OCH3 is 1. The topological polar surface area (TPSA) is 120 Å². The number of carbonyl (C=O) groups is 2. The van der Waals surface area contributed by atoms with Gasteiger partial charge in [0.1, 0.15) is 16.4 Å². The van der Waals surface area contributed by atoms with Crippen LogP contribution in [0, 0.1) is 0 Å². The van der Waals surface area contributed by atoms with E-state index in [1.807, 2.05) is 0 Å². The van der Waals surface area contributed by atoms with Crippen LogP contribution < -0.4 is 19.5 Å². The molecule has 0 aliphatic rings. The van der Waals surface area contributed by atoms with E-state index in [-0.39, 0.29) is 22.9 Å². The van der Waals surface area contributed by atoms with Crippen molar-refractivity contribution in [3.63, 3.8) is 0 Å². The number of alkyl halides is 2. The Morgan fingerprint density at radius 1 is 1.12 bits per heavy atom. The van der Waals surface area contributed by atoms with Gasteiger partial charge in [-0.2, -0.15) is 8.78 Å². The van der Waals surface area contributed by atoms with Gasteiger partial charge in [0.2, 0.25) is 10.0 Å². The average molecular weight is 499 g/mol. The Hall–Kier alpha value is -3.51. The van der Waals surface area contributed by atoms with Crippen molar-refractivity contribution in [1.82, 2.24) is 10.0 Å². The summed E-state index contributed by atoms with van der Waals surface area (Å²) in [5.74, 6) is -1.13. The quantitative estimate of drug-likeness (QED) is 0.340. The number of ether oxygens (including phenoxy) is 3. The van der Waals surface area contributed by atoms with Crippen LogP contribution in [-0.2, 0) is 30.8 Å². The molecule has 1 amide bonds. The minimum absolute atomic E-state index is 0.0391. The maximum Gasteiger partial charge on any atom is 0.387 e. The van der Waals surface area contributed by atoms with Crippen molar-refractivity contribution in [1.29, 1.82) is 0 Å². The molecule has 2 N–H and O–H groups in total. The Kier molecular flexibility index (Phi) is 9.95. The van der Waals surface area contributed by atoms with Crippen molar-refractivity contribution in [2.45, 2.75) is 17.9 Å². The van der Waals surface area contributed by atoms with Crippen LogP contribution in [0.2, 0.25) is 0 Å². The number of carbonyl (C=O) groups excluding carboxylic acids is 2. The molecule has 0 aliphatic carbocycles. The van der Waals surface area contributed by atoms with Gasteiger partial charge in [-0.25, -0.2) is 17.9 Å². The Balaban J connectivity index is 1.80. The lowest BCUT2D eigenvalue weighted by Gasteiger charge is -2.09. The molecule has 0 unspecified atom stereocenters. The number of benzene rings is 2. The van der Waals surface area contributed by atoms with Crippen molar-refractivity contribution >= 4 is 28.0 Å².